The molecule has 0 unspecified atom stereocenters. The normalized spacial score (nSPS) is 14.7. The number of rotatable bonds is 12. The zero-order valence-corrected chi connectivity index (χ0v) is 23.8. The van der Waals surface area contributed by atoms with Crippen molar-refractivity contribution >= 4 is 15.7 Å². The summed E-state index contributed by atoms with van der Waals surface area (Å²) in [6.07, 6.45) is 0.830. The van der Waals surface area contributed by atoms with Gasteiger partial charge in [0.25, 0.3) is 0 Å². The van der Waals surface area contributed by atoms with Crippen LogP contribution in [-0.2, 0) is 23.1 Å². The van der Waals surface area contributed by atoms with Gasteiger partial charge in [-0.15, -0.1) is 0 Å². The van der Waals surface area contributed by atoms with Gasteiger partial charge in [-0.3, -0.25) is 4.72 Å². The highest BCUT2D eigenvalue weighted by atomic mass is 32.2. The van der Waals surface area contributed by atoms with Crippen molar-refractivity contribution < 1.29 is 27.7 Å². The van der Waals surface area contributed by atoms with Crippen molar-refractivity contribution in [2.45, 2.75) is 38.1 Å². The highest BCUT2D eigenvalue weighted by Crippen LogP contribution is 2.36. The van der Waals surface area contributed by atoms with Crippen LogP contribution in [0.3, 0.4) is 0 Å². The van der Waals surface area contributed by atoms with E-state index in [0.717, 1.165) is 22.9 Å². The minimum absolute atomic E-state index is 0.140. The molecule has 9 heteroatoms. The molecule has 1 aliphatic heterocycles. The van der Waals surface area contributed by atoms with E-state index in [1.165, 1.54) is 0 Å². The Hall–Kier alpha value is -4.05. The third-order valence-electron chi connectivity index (χ3n) is 6.90. The van der Waals surface area contributed by atoms with Crippen molar-refractivity contribution in [3.63, 3.8) is 0 Å². The van der Waals surface area contributed by atoms with Gasteiger partial charge in [0.15, 0.2) is 11.5 Å². The molecule has 0 bridgehead atoms. The maximum atomic E-state index is 12.1. The molecule has 0 saturated carbocycles. The van der Waals surface area contributed by atoms with Crippen molar-refractivity contribution in [2.75, 3.05) is 17.8 Å². The number of anilines is 1. The molecule has 0 fully saturated rings. The Morgan fingerprint density at radius 3 is 2.22 bits per heavy atom. The van der Waals surface area contributed by atoms with Crippen LogP contribution in [0.5, 0.6) is 17.2 Å². The standard InChI is InChI=1S/C32H34N2O6S/c1-22(33-27(17-23-9-5-3-6-10-23)25-13-16-30-31(19-25)40-21-39-30)32(35)26-14-15-29(28(18-26)34-41(2,36)37)38-20-24-11-7-4-8-12-24/h3-16,18-19,22,27,32-35H,17,20-21H2,1-2H3/t22-,27+,32+/m1/s1. The molecule has 0 radical (unpaired) electrons. The summed E-state index contributed by atoms with van der Waals surface area (Å²) in [4.78, 5) is 0. The zero-order valence-electron chi connectivity index (χ0n) is 23.0. The lowest BCUT2D eigenvalue weighted by Gasteiger charge is -2.28. The van der Waals surface area contributed by atoms with Gasteiger partial charge in [-0.1, -0.05) is 72.8 Å². The number of aliphatic hydroxyl groups excluding tert-OH is 1. The van der Waals surface area contributed by atoms with Crippen LogP contribution in [0.1, 0.15) is 41.3 Å². The Morgan fingerprint density at radius 2 is 1.51 bits per heavy atom. The lowest BCUT2D eigenvalue weighted by atomic mass is 9.95. The predicted octanol–water partition coefficient (Wildman–Crippen LogP) is 5.36. The van der Waals surface area contributed by atoms with E-state index in [1.54, 1.807) is 18.2 Å². The number of aliphatic hydroxyl groups is 1. The van der Waals surface area contributed by atoms with Crippen LogP contribution in [0.4, 0.5) is 5.69 Å². The Balaban J connectivity index is 1.37. The molecule has 0 aromatic heterocycles. The molecular formula is C32H34N2O6S. The van der Waals surface area contributed by atoms with Crippen molar-refractivity contribution in [2.24, 2.45) is 0 Å². The van der Waals surface area contributed by atoms with E-state index in [0.29, 0.717) is 29.2 Å². The minimum atomic E-state index is -3.59. The largest absolute Gasteiger partial charge is 0.487 e. The van der Waals surface area contributed by atoms with Gasteiger partial charge in [0.05, 0.1) is 18.0 Å². The number of fused-ring (bicyclic) bond motifs is 1. The lowest BCUT2D eigenvalue weighted by Crippen LogP contribution is -2.36. The molecular weight excluding hydrogens is 540 g/mol. The van der Waals surface area contributed by atoms with E-state index in [1.807, 2.05) is 73.7 Å². The summed E-state index contributed by atoms with van der Waals surface area (Å²) in [6.45, 7) is 2.37. The van der Waals surface area contributed by atoms with Crippen molar-refractivity contribution in [3.8, 4) is 17.2 Å². The number of benzene rings is 4. The number of nitrogens with one attached hydrogen (secondary N) is 2. The van der Waals surface area contributed by atoms with E-state index < -0.39 is 22.2 Å². The summed E-state index contributed by atoms with van der Waals surface area (Å²) in [5.41, 5.74) is 3.91. The summed E-state index contributed by atoms with van der Waals surface area (Å²) >= 11 is 0. The van der Waals surface area contributed by atoms with Crippen LogP contribution in [0.25, 0.3) is 0 Å². The maximum Gasteiger partial charge on any atom is 0.231 e. The molecule has 0 spiro atoms. The fourth-order valence-electron chi connectivity index (χ4n) is 4.82. The van der Waals surface area contributed by atoms with Gasteiger partial charge in [-0.2, -0.15) is 0 Å². The highest BCUT2D eigenvalue weighted by molar-refractivity contribution is 7.92. The lowest BCUT2D eigenvalue weighted by molar-refractivity contribution is 0.129. The third kappa shape index (κ3) is 7.58. The molecule has 3 N–H and O–H groups in total. The topological polar surface area (TPSA) is 106 Å². The summed E-state index contributed by atoms with van der Waals surface area (Å²) in [5, 5.41) is 15.0. The minimum Gasteiger partial charge on any atom is -0.487 e. The molecule has 4 aromatic carbocycles. The van der Waals surface area contributed by atoms with Gasteiger partial charge >= 0.3 is 0 Å². The second-order valence-electron chi connectivity index (χ2n) is 10.2. The average Bonchev–Trinajstić information content (AvgIpc) is 3.44. The molecule has 4 aromatic rings. The van der Waals surface area contributed by atoms with Crippen LogP contribution < -0.4 is 24.2 Å². The second-order valence-corrected chi connectivity index (χ2v) is 11.9. The fraction of sp³-hybridized carbons (Fsp3) is 0.250. The zero-order chi connectivity index (χ0) is 28.8. The smallest absolute Gasteiger partial charge is 0.231 e. The van der Waals surface area contributed by atoms with Gasteiger partial charge in [-0.05, 0) is 59.9 Å². The predicted molar refractivity (Wildman–Crippen MR) is 159 cm³/mol. The first-order chi connectivity index (χ1) is 19.7. The SMILES string of the molecule is C[C@@H](N[C@@H](Cc1ccccc1)c1ccc2c(c1)OCO2)[C@H](O)c1ccc(OCc2ccccc2)c(NS(C)(=O)=O)c1. The molecule has 0 amide bonds. The van der Waals surface area contributed by atoms with Crippen LogP contribution >= 0.6 is 0 Å². The van der Waals surface area contributed by atoms with E-state index in [2.05, 4.69) is 22.2 Å². The van der Waals surface area contributed by atoms with Gasteiger partial charge in [-0.25, -0.2) is 8.42 Å². The Labute approximate surface area is 241 Å². The second kappa shape index (κ2) is 12.6. The summed E-state index contributed by atoms with van der Waals surface area (Å²) in [7, 11) is -3.59. The van der Waals surface area contributed by atoms with Crippen molar-refractivity contribution in [1.29, 1.82) is 0 Å². The molecule has 5 rings (SSSR count). The van der Waals surface area contributed by atoms with E-state index in [4.69, 9.17) is 14.2 Å². The van der Waals surface area contributed by atoms with E-state index >= 15 is 0 Å². The summed E-state index contributed by atoms with van der Waals surface area (Å²) < 4.78 is 43.8. The number of hydrogen-bond donors (Lipinski definition) is 3. The number of ether oxygens (including phenoxy) is 3. The van der Waals surface area contributed by atoms with Gasteiger partial charge in [0, 0.05) is 12.1 Å². The van der Waals surface area contributed by atoms with E-state index in [-0.39, 0.29) is 25.1 Å². The molecule has 8 nitrogen and oxygen atoms in total. The first-order valence-corrected chi connectivity index (χ1v) is 15.3. The summed E-state index contributed by atoms with van der Waals surface area (Å²) in [6, 6.07) is 30.1. The Kier molecular flexibility index (Phi) is 8.78. The summed E-state index contributed by atoms with van der Waals surface area (Å²) in [5.74, 6) is 1.78. The highest BCUT2D eigenvalue weighted by Gasteiger charge is 2.25. The fourth-order valence-corrected chi connectivity index (χ4v) is 5.38. The molecule has 0 saturated heterocycles. The van der Waals surface area contributed by atoms with E-state index in [9.17, 15) is 13.5 Å². The van der Waals surface area contributed by atoms with Gasteiger partial charge in [0.2, 0.25) is 16.8 Å². The average molecular weight is 575 g/mol. The van der Waals surface area contributed by atoms with Crippen LogP contribution in [0, 0.1) is 0 Å². The van der Waals surface area contributed by atoms with Crippen molar-refractivity contribution in [1.82, 2.24) is 5.32 Å². The van der Waals surface area contributed by atoms with Crippen molar-refractivity contribution in [3.05, 3.63) is 119 Å². The van der Waals surface area contributed by atoms with Crippen LogP contribution in [-0.4, -0.2) is 32.6 Å². The number of hydrogen-bond acceptors (Lipinski definition) is 7. The molecule has 1 aliphatic rings. The monoisotopic (exact) mass is 574 g/mol. The first kappa shape index (κ1) is 28.5. The molecule has 214 valence electrons. The molecule has 1 heterocycles. The third-order valence-corrected chi connectivity index (χ3v) is 7.49. The molecule has 3 atom stereocenters. The van der Waals surface area contributed by atoms with Crippen LogP contribution in [0.15, 0.2) is 97.1 Å². The quantitative estimate of drug-likeness (QED) is 0.209. The first-order valence-electron chi connectivity index (χ1n) is 13.4. The van der Waals surface area contributed by atoms with Gasteiger partial charge < -0.3 is 24.6 Å². The number of sulfonamides is 1. The van der Waals surface area contributed by atoms with Gasteiger partial charge in [0.1, 0.15) is 12.4 Å². The maximum absolute atomic E-state index is 12.1. The molecule has 41 heavy (non-hydrogen) atoms. The Bertz CT molecular complexity index is 1560. The molecule has 0 aliphatic carbocycles. The Morgan fingerprint density at radius 1 is 0.854 bits per heavy atom. The van der Waals surface area contributed by atoms with Crippen LogP contribution in [0.2, 0.25) is 0 Å².